The Bertz CT molecular complexity index is 372. The third-order valence-corrected chi connectivity index (χ3v) is 3.44. The van der Waals surface area contributed by atoms with E-state index in [1.54, 1.807) is 28.9 Å². The van der Waals surface area contributed by atoms with E-state index in [4.69, 9.17) is 5.84 Å². The van der Waals surface area contributed by atoms with Crippen LogP contribution in [0.4, 0.5) is 4.39 Å². The molecule has 74 valence electrons. The van der Waals surface area contributed by atoms with Crippen molar-refractivity contribution >= 4 is 16.7 Å². The van der Waals surface area contributed by atoms with E-state index < -0.39 is 0 Å². The SMILES string of the molecule is CC1=C(c2ccc(F)cc2)SCN1N. The van der Waals surface area contributed by atoms with Gasteiger partial charge in [0, 0.05) is 10.6 Å². The molecule has 1 aromatic rings. The molecular weight excluding hydrogens is 199 g/mol. The summed E-state index contributed by atoms with van der Waals surface area (Å²) in [7, 11) is 0. The molecule has 2 nitrogen and oxygen atoms in total. The van der Waals surface area contributed by atoms with Crippen LogP contribution in [0.15, 0.2) is 30.0 Å². The minimum absolute atomic E-state index is 0.209. The van der Waals surface area contributed by atoms with Gasteiger partial charge in [-0.25, -0.2) is 10.2 Å². The first-order valence-corrected chi connectivity index (χ1v) is 5.29. The van der Waals surface area contributed by atoms with Gasteiger partial charge in [-0.1, -0.05) is 12.1 Å². The molecule has 14 heavy (non-hydrogen) atoms. The molecule has 0 unspecified atom stereocenters. The van der Waals surface area contributed by atoms with Crippen molar-refractivity contribution in [2.45, 2.75) is 6.92 Å². The lowest BCUT2D eigenvalue weighted by molar-refractivity contribution is 0.435. The van der Waals surface area contributed by atoms with Crippen molar-refractivity contribution in [1.82, 2.24) is 5.01 Å². The largest absolute Gasteiger partial charge is 0.304 e. The van der Waals surface area contributed by atoms with Gasteiger partial charge in [0.25, 0.3) is 0 Å². The number of halogens is 1. The summed E-state index contributed by atoms with van der Waals surface area (Å²) in [6.07, 6.45) is 0. The van der Waals surface area contributed by atoms with Crippen LogP contribution in [-0.4, -0.2) is 10.9 Å². The summed E-state index contributed by atoms with van der Waals surface area (Å²) in [5.74, 6) is 6.27. The summed E-state index contributed by atoms with van der Waals surface area (Å²) in [6, 6.07) is 6.49. The highest BCUT2D eigenvalue weighted by Crippen LogP contribution is 2.37. The summed E-state index contributed by atoms with van der Waals surface area (Å²) in [6.45, 7) is 1.97. The minimum atomic E-state index is -0.209. The van der Waals surface area contributed by atoms with Crippen molar-refractivity contribution in [2.24, 2.45) is 5.84 Å². The summed E-state index contributed by atoms with van der Waals surface area (Å²) < 4.78 is 12.7. The molecule has 2 rings (SSSR count). The maximum Gasteiger partial charge on any atom is 0.123 e. The monoisotopic (exact) mass is 210 g/mol. The first-order valence-electron chi connectivity index (χ1n) is 4.30. The van der Waals surface area contributed by atoms with Gasteiger partial charge in [-0.3, -0.25) is 0 Å². The highest BCUT2D eigenvalue weighted by atomic mass is 32.2. The van der Waals surface area contributed by atoms with Crippen LogP contribution in [0.5, 0.6) is 0 Å². The van der Waals surface area contributed by atoms with E-state index in [1.807, 2.05) is 6.92 Å². The predicted molar refractivity (Wildman–Crippen MR) is 57.5 cm³/mol. The molecule has 1 aromatic carbocycles. The van der Waals surface area contributed by atoms with E-state index in [1.165, 1.54) is 12.1 Å². The lowest BCUT2D eigenvalue weighted by Gasteiger charge is -2.09. The van der Waals surface area contributed by atoms with Gasteiger partial charge in [0.2, 0.25) is 0 Å². The average molecular weight is 210 g/mol. The fourth-order valence-corrected chi connectivity index (χ4v) is 2.45. The molecule has 0 amide bonds. The molecule has 0 aliphatic carbocycles. The number of nitrogens with zero attached hydrogens (tertiary/aromatic N) is 1. The summed E-state index contributed by atoms with van der Waals surface area (Å²) in [5.41, 5.74) is 2.07. The summed E-state index contributed by atoms with van der Waals surface area (Å²) >= 11 is 1.68. The van der Waals surface area contributed by atoms with Gasteiger partial charge < -0.3 is 5.01 Å². The minimum Gasteiger partial charge on any atom is -0.304 e. The second kappa shape index (κ2) is 3.63. The van der Waals surface area contributed by atoms with Crippen LogP contribution >= 0.6 is 11.8 Å². The third-order valence-electron chi connectivity index (χ3n) is 2.21. The Kier molecular flexibility index (Phi) is 2.48. The highest BCUT2D eigenvalue weighted by molar-refractivity contribution is 8.08. The smallest absolute Gasteiger partial charge is 0.123 e. The van der Waals surface area contributed by atoms with Gasteiger partial charge in [0.05, 0.1) is 5.88 Å². The maximum absolute atomic E-state index is 12.7. The molecule has 0 spiro atoms. The molecule has 0 aromatic heterocycles. The molecule has 1 heterocycles. The third kappa shape index (κ3) is 1.63. The fraction of sp³-hybridized carbons (Fsp3) is 0.200. The standard InChI is InChI=1S/C10H11FN2S/c1-7-10(14-6-13(7)12)8-2-4-9(11)5-3-8/h2-5H,6,12H2,1H3. The van der Waals surface area contributed by atoms with Gasteiger partial charge in [0.15, 0.2) is 0 Å². The van der Waals surface area contributed by atoms with Crippen molar-refractivity contribution in [3.8, 4) is 0 Å². The Balaban J connectivity index is 2.36. The van der Waals surface area contributed by atoms with E-state index in [2.05, 4.69) is 0 Å². The molecule has 0 atom stereocenters. The maximum atomic E-state index is 12.7. The fourth-order valence-electron chi connectivity index (χ4n) is 1.36. The quantitative estimate of drug-likeness (QED) is 0.722. The number of hydrazine groups is 1. The first-order chi connectivity index (χ1) is 6.68. The van der Waals surface area contributed by atoms with Gasteiger partial charge in [-0.15, -0.1) is 11.8 Å². The number of benzene rings is 1. The molecule has 0 saturated heterocycles. The molecule has 0 fully saturated rings. The van der Waals surface area contributed by atoms with E-state index in [-0.39, 0.29) is 5.82 Å². The summed E-state index contributed by atoms with van der Waals surface area (Å²) in [4.78, 5) is 1.13. The predicted octanol–water partition coefficient (Wildman–Crippen LogP) is 2.39. The Morgan fingerprint density at radius 2 is 2.00 bits per heavy atom. The Labute approximate surface area is 86.6 Å². The first kappa shape index (κ1) is 9.55. The molecule has 0 bridgehead atoms. The van der Waals surface area contributed by atoms with Gasteiger partial charge in [-0.05, 0) is 24.6 Å². The second-order valence-corrected chi connectivity index (χ2v) is 4.12. The second-order valence-electron chi connectivity index (χ2n) is 3.16. The zero-order valence-electron chi connectivity index (χ0n) is 7.83. The zero-order chi connectivity index (χ0) is 10.1. The molecule has 0 saturated carbocycles. The van der Waals surface area contributed by atoms with E-state index in [0.717, 1.165) is 22.0 Å². The Hall–Kier alpha value is -1.00. The van der Waals surface area contributed by atoms with Crippen LogP contribution in [0.1, 0.15) is 12.5 Å². The highest BCUT2D eigenvalue weighted by Gasteiger charge is 2.17. The normalized spacial score (nSPS) is 16.6. The Morgan fingerprint density at radius 1 is 1.36 bits per heavy atom. The molecule has 2 N–H and O–H groups in total. The zero-order valence-corrected chi connectivity index (χ0v) is 8.64. The number of rotatable bonds is 1. The molecule has 0 radical (unpaired) electrons. The van der Waals surface area contributed by atoms with Gasteiger partial charge in [0.1, 0.15) is 5.82 Å². The molecular formula is C10H11FN2S. The average Bonchev–Trinajstić information content (AvgIpc) is 2.50. The number of nitrogens with two attached hydrogens (primary N) is 1. The molecule has 1 aliphatic rings. The van der Waals surface area contributed by atoms with Crippen LogP contribution < -0.4 is 5.84 Å². The topological polar surface area (TPSA) is 29.3 Å². The van der Waals surface area contributed by atoms with Crippen LogP contribution in [0.25, 0.3) is 4.91 Å². The van der Waals surface area contributed by atoms with Gasteiger partial charge >= 0.3 is 0 Å². The lowest BCUT2D eigenvalue weighted by Crippen LogP contribution is -2.25. The van der Waals surface area contributed by atoms with Gasteiger partial charge in [-0.2, -0.15) is 0 Å². The van der Waals surface area contributed by atoms with Crippen molar-refractivity contribution in [2.75, 3.05) is 5.88 Å². The number of thioether (sulfide) groups is 1. The van der Waals surface area contributed by atoms with Crippen molar-refractivity contribution < 1.29 is 4.39 Å². The number of allylic oxidation sites excluding steroid dienone is 1. The van der Waals surface area contributed by atoms with Crippen molar-refractivity contribution in [1.29, 1.82) is 0 Å². The molecule has 4 heteroatoms. The van der Waals surface area contributed by atoms with E-state index in [9.17, 15) is 4.39 Å². The van der Waals surface area contributed by atoms with Crippen LogP contribution in [-0.2, 0) is 0 Å². The van der Waals surface area contributed by atoms with Crippen LogP contribution in [0, 0.1) is 5.82 Å². The Morgan fingerprint density at radius 3 is 2.50 bits per heavy atom. The van der Waals surface area contributed by atoms with E-state index >= 15 is 0 Å². The number of hydrogen-bond donors (Lipinski definition) is 1. The van der Waals surface area contributed by atoms with Crippen molar-refractivity contribution in [3.63, 3.8) is 0 Å². The van der Waals surface area contributed by atoms with Crippen LogP contribution in [0.2, 0.25) is 0 Å². The van der Waals surface area contributed by atoms with Crippen LogP contribution in [0.3, 0.4) is 0 Å². The lowest BCUT2D eigenvalue weighted by atomic mass is 10.2. The number of hydrogen-bond acceptors (Lipinski definition) is 3. The van der Waals surface area contributed by atoms with E-state index in [0.29, 0.717) is 0 Å². The molecule has 1 aliphatic heterocycles. The summed E-state index contributed by atoms with van der Waals surface area (Å²) in [5, 5.41) is 1.70. The van der Waals surface area contributed by atoms with Crippen molar-refractivity contribution in [3.05, 3.63) is 41.3 Å².